The van der Waals surface area contributed by atoms with Gasteiger partial charge in [-0.15, -0.1) is 0 Å². The molecule has 1 aliphatic carbocycles. The Hall–Kier alpha value is -3.10. The van der Waals surface area contributed by atoms with Crippen LogP contribution in [0.4, 0.5) is 0 Å². The van der Waals surface area contributed by atoms with Gasteiger partial charge in [-0.05, 0) is 68.2 Å². The van der Waals surface area contributed by atoms with Crippen LogP contribution < -0.4 is 21.7 Å². The van der Waals surface area contributed by atoms with E-state index in [1.165, 1.54) is 11.1 Å². The largest absolute Gasteiger partial charge is 0.492 e. The summed E-state index contributed by atoms with van der Waals surface area (Å²) in [5, 5.41) is 10.0. The minimum atomic E-state index is -0.945. The van der Waals surface area contributed by atoms with Crippen LogP contribution in [-0.4, -0.2) is 34.1 Å². The summed E-state index contributed by atoms with van der Waals surface area (Å²) in [5.41, 5.74) is 12.9. The van der Waals surface area contributed by atoms with Gasteiger partial charge in [0, 0.05) is 49.0 Å². The normalized spacial score (nSPS) is 19.5. The van der Waals surface area contributed by atoms with Crippen molar-refractivity contribution in [3.8, 4) is 5.75 Å². The monoisotopic (exact) mass is 465 g/mol. The van der Waals surface area contributed by atoms with Crippen molar-refractivity contribution in [2.24, 2.45) is 17.0 Å². The van der Waals surface area contributed by atoms with Gasteiger partial charge < -0.3 is 21.0 Å². The standard InChI is InChI=1S/C26H35N5O3/c1-26(2,25(32)33)22(7-6-20(27)15-30-28)18-4-3-17-5-8-23(21(17)13-18)31-11-12-34-24-9-10-29-14-19(24)16-31/h3-4,9-10,13-15,22-23,30H,5-8,11-12,16,27-28H2,1-2H3,(H,32,33)/b20-15-. The zero-order valence-corrected chi connectivity index (χ0v) is 20.0. The van der Waals surface area contributed by atoms with Crippen LogP contribution in [0.5, 0.6) is 5.75 Å². The number of nitrogens with zero attached hydrogens (tertiary/aromatic N) is 2. The van der Waals surface area contributed by atoms with Crippen LogP contribution in [-0.2, 0) is 17.8 Å². The average Bonchev–Trinajstić information content (AvgIpc) is 3.10. The molecule has 4 rings (SSSR count). The Labute approximate surface area is 201 Å². The van der Waals surface area contributed by atoms with Gasteiger partial charge in [-0.25, -0.2) is 0 Å². The van der Waals surface area contributed by atoms with Crippen LogP contribution >= 0.6 is 0 Å². The molecule has 0 fully saturated rings. The second kappa shape index (κ2) is 10.0. The molecule has 8 heteroatoms. The van der Waals surface area contributed by atoms with E-state index in [0.29, 0.717) is 25.1 Å². The Kier molecular flexibility index (Phi) is 7.09. The molecule has 0 spiro atoms. The highest BCUT2D eigenvalue weighted by Gasteiger charge is 2.39. The van der Waals surface area contributed by atoms with Gasteiger partial charge in [0.15, 0.2) is 0 Å². The molecule has 2 atom stereocenters. The molecular formula is C26H35N5O3. The number of nitrogens with two attached hydrogens (primary N) is 2. The minimum Gasteiger partial charge on any atom is -0.492 e. The Bertz CT molecular complexity index is 1070. The number of pyridine rings is 1. The van der Waals surface area contributed by atoms with Crippen LogP contribution in [0, 0.1) is 5.41 Å². The van der Waals surface area contributed by atoms with Crippen molar-refractivity contribution < 1.29 is 14.6 Å². The summed E-state index contributed by atoms with van der Waals surface area (Å²) in [6, 6.07) is 8.71. The number of ether oxygens (including phenoxy) is 1. The lowest BCUT2D eigenvalue weighted by Gasteiger charge is -2.32. The van der Waals surface area contributed by atoms with E-state index in [-0.39, 0.29) is 12.0 Å². The van der Waals surface area contributed by atoms with E-state index in [4.69, 9.17) is 16.3 Å². The minimum absolute atomic E-state index is 0.196. The Morgan fingerprint density at radius 3 is 2.97 bits per heavy atom. The van der Waals surface area contributed by atoms with Gasteiger partial charge in [0.25, 0.3) is 0 Å². The van der Waals surface area contributed by atoms with E-state index in [9.17, 15) is 9.90 Å². The maximum Gasteiger partial charge on any atom is 0.309 e. The molecule has 182 valence electrons. The predicted octanol–water partition coefficient (Wildman–Crippen LogP) is 3.20. The maximum absolute atomic E-state index is 12.2. The molecule has 8 nitrogen and oxygen atoms in total. The van der Waals surface area contributed by atoms with E-state index in [1.54, 1.807) is 26.2 Å². The lowest BCUT2D eigenvalue weighted by atomic mass is 9.72. The van der Waals surface area contributed by atoms with Crippen LogP contribution in [0.2, 0.25) is 0 Å². The number of carboxylic acid groups (broad SMARTS) is 1. The molecular weight excluding hydrogens is 430 g/mol. The van der Waals surface area contributed by atoms with E-state index >= 15 is 0 Å². The SMILES string of the molecule is CC(C)(C(=O)O)C(CC/C(N)=C/NN)c1ccc2c(c1)C(N1CCOc3ccncc3C1)CC2. The fourth-order valence-corrected chi connectivity index (χ4v) is 5.29. The number of hydrogen-bond acceptors (Lipinski definition) is 7. The molecule has 2 aromatic rings. The van der Waals surface area contributed by atoms with Gasteiger partial charge in [0.2, 0.25) is 0 Å². The van der Waals surface area contributed by atoms with Gasteiger partial charge in [-0.3, -0.25) is 20.5 Å². The zero-order chi connectivity index (χ0) is 24.3. The predicted molar refractivity (Wildman–Crippen MR) is 131 cm³/mol. The second-order valence-electron chi connectivity index (χ2n) is 9.82. The smallest absolute Gasteiger partial charge is 0.309 e. The Morgan fingerprint density at radius 2 is 2.21 bits per heavy atom. The van der Waals surface area contributed by atoms with Gasteiger partial charge >= 0.3 is 5.97 Å². The molecule has 1 aliphatic heterocycles. The molecule has 0 bridgehead atoms. The molecule has 2 heterocycles. The molecule has 0 radical (unpaired) electrons. The number of aromatic nitrogens is 1. The summed E-state index contributed by atoms with van der Waals surface area (Å²) in [7, 11) is 0. The van der Waals surface area contributed by atoms with Crippen molar-refractivity contribution in [3.05, 3.63) is 70.8 Å². The highest BCUT2D eigenvalue weighted by molar-refractivity contribution is 5.75. The van der Waals surface area contributed by atoms with E-state index < -0.39 is 11.4 Å². The Balaban J connectivity index is 1.64. The summed E-state index contributed by atoms with van der Waals surface area (Å²) in [4.78, 5) is 19.0. The zero-order valence-electron chi connectivity index (χ0n) is 20.0. The highest BCUT2D eigenvalue weighted by Crippen LogP contribution is 2.44. The molecule has 0 saturated carbocycles. The number of aryl methyl sites for hydroxylation is 1. The summed E-state index contributed by atoms with van der Waals surface area (Å²) in [6.45, 7) is 5.84. The van der Waals surface area contributed by atoms with E-state index in [1.807, 2.05) is 12.3 Å². The van der Waals surface area contributed by atoms with Crippen molar-refractivity contribution in [1.82, 2.24) is 15.3 Å². The molecule has 1 aromatic carbocycles. The summed E-state index contributed by atoms with van der Waals surface area (Å²) in [5.74, 6) is 5.25. The number of nitrogens with one attached hydrogen (secondary N) is 1. The lowest BCUT2D eigenvalue weighted by Crippen LogP contribution is -2.32. The van der Waals surface area contributed by atoms with E-state index in [2.05, 4.69) is 33.5 Å². The first-order chi connectivity index (χ1) is 16.3. The van der Waals surface area contributed by atoms with Crippen molar-refractivity contribution in [3.63, 3.8) is 0 Å². The van der Waals surface area contributed by atoms with Crippen molar-refractivity contribution in [1.29, 1.82) is 0 Å². The van der Waals surface area contributed by atoms with Gasteiger partial charge in [0.05, 0.1) is 5.41 Å². The molecule has 0 amide bonds. The quantitative estimate of drug-likeness (QED) is 0.346. The first-order valence-corrected chi connectivity index (χ1v) is 11.9. The van der Waals surface area contributed by atoms with E-state index in [0.717, 1.165) is 42.8 Å². The molecule has 2 unspecified atom stereocenters. The van der Waals surface area contributed by atoms with Gasteiger partial charge in [-0.2, -0.15) is 0 Å². The number of hydrazine groups is 1. The lowest BCUT2D eigenvalue weighted by molar-refractivity contribution is -0.148. The van der Waals surface area contributed by atoms with Crippen LogP contribution in [0.25, 0.3) is 0 Å². The number of fused-ring (bicyclic) bond motifs is 2. The molecule has 2 aliphatic rings. The van der Waals surface area contributed by atoms with Crippen molar-refractivity contribution in [2.75, 3.05) is 13.2 Å². The van der Waals surface area contributed by atoms with Crippen LogP contribution in [0.3, 0.4) is 0 Å². The Morgan fingerprint density at radius 1 is 1.38 bits per heavy atom. The number of rotatable bonds is 8. The number of allylic oxidation sites excluding steroid dienone is 1. The number of hydrogen-bond donors (Lipinski definition) is 4. The second-order valence-corrected chi connectivity index (χ2v) is 9.82. The highest BCUT2D eigenvalue weighted by atomic mass is 16.5. The van der Waals surface area contributed by atoms with Gasteiger partial charge in [0.1, 0.15) is 12.4 Å². The summed E-state index contributed by atoms with van der Waals surface area (Å²) < 4.78 is 5.96. The first kappa shape index (κ1) is 24.0. The topological polar surface area (TPSA) is 127 Å². The van der Waals surface area contributed by atoms with Gasteiger partial charge in [-0.1, -0.05) is 18.2 Å². The fourth-order valence-electron chi connectivity index (χ4n) is 5.29. The fraction of sp³-hybridized carbons (Fsp3) is 0.462. The third kappa shape index (κ3) is 4.88. The van der Waals surface area contributed by atoms with Crippen molar-refractivity contribution >= 4 is 5.97 Å². The number of aliphatic carboxylic acids is 1. The average molecular weight is 466 g/mol. The molecule has 1 aromatic heterocycles. The van der Waals surface area contributed by atoms with Crippen LogP contribution in [0.15, 0.2) is 48.6 Å². The number of carboxylic acids is 1. The summed E-state index contributed by atoms with van der Waals surface area (Å²) >= 11 is 0. The maximum atomic E-state index is 12.2. The van der Waals surface area contributed by atoms with Crippen molar-refractivity contribution in [2.45, 2.75) is 58.0 Å². The third-order valence-corrected chi connectivity index (χ3v) is 7.34. The number of benzene rings is 1. The number of carbonyl (C=O) groups is 1. The van der Waals surface area contributed by atoms with Crippen LogP contribution in [0.1, 0.15) is 67.3 Å². The molecule has 6 N–H and O–H groups in total. The first-order valence-electron chi connectivity index (χ1n) is 11.9. The summed E-state index contributed by atoms with van der Waals surface area (Å²) in [6.07, 6.45) is 8.43. The third-order valence-electron chi connectivity index (χ3n) is 7.34. The molecule has 34 heavy (non-hydrogen) atoms. The molecule has 0 saturated heterocycles.